The number of benzene rings is 2. The molecule has 6 N–H and O–H groups in total. The molecule has 3 amide bonds. The van der Waals surface area contributed by atoms with E-state index in [-0.39, 0.29) is 18.7 Å². The molecule has 0 bridgehead atoms. The number of hydrogen-bond donors (Lipinski definition) is 6. The highest BCUT2D eigenvalue weighted by Crippen LogP contribution is 2.37. The monoisotopic (exact) mass is 590 g/mol. The second-order valence-corrected chi connectivity index (χ2v) is 9.55. The molecule has 1 unspecified atom stereocenters. The zero-order valence-corrected chi connectivity index (χ0v) is 24.2. The maximum absolute atomic E-state index is 14.9. The number of nitrogens with zero attached hydrogens (tertiary/aromatic N) is 2. The SMILES string of the molecule is CC.CC.O=C1NC(=O)C(O)(O)C(O)(O)C1N1Cc2c(NCc3ccc(CN4CCOCC4)cc3F)cccc2C1=O. The van der Waals surface area contributed by atoms with Gasteiger partial charge in [-0.15, -0.1) is 0 Å². The van der Waals surface area contributed by atoms with Crippen LogP contribution in [0.5, 0.6) is 0 Å². The normalized spacial score (nSPS) is 20.9. The molecule has 3 aliphatic rings. The number of carbonyl (C=O) groups is 3. The molecule has 3 aliphatic heterocycles. The molecule has 13 heteroatoms. The van der Waals surface area contributed by atoms with E-state index in [2.05, 4.69) is 10.2 Å². The van der Waals surface area contributed by atoms with Gasteiger partial charge in [0.1, 0.15) is 5.82 Å². The zero-order valence-electron chi connectivity index (χ0n) is 24.2. The quantitative estimate of drug-likeness (QED) is 0.207. The van der Waals surface area contributed by atoms with Crippen molar-refractivity contribution in [3.05, 3.63) is 64.5 Å². The van der Waals surface area contributed by atoms with Gasteiger partial charge in [0.05, 0.1) is 13.2 Å². The molecule has 1 atom stereocenters. The Hall–Kier alpha value is -3.46. The van der Waals surface area contributed by atoms with Crippen LogP contribution in [0.3, 0.4) is 0 Å². The van der Waals surface area contributed by atoms with Gasteiger partial charge in [-0.1, -0.05) is 45.9 Å². The van der Waals surface area contributed by atoms with Gasteiger partial charge in [0.25, 0.3) is 23.5 Å². The lowest BCUT2D eigenvalue weighted by atomic mass is 9.90. The molecule has 230 valence electrons. The minimum absolute atomic E-state index is 0.0764. The van der Waals surface area contributed by atoms with Crippen molar-refractivity contribution in [2.75, 3.05) is 31.6 Å². The molecule has 3 heterocycles. The van der Waals surface area contributed by atoms with E-state index in [1.807, 2.05) is 33.8 Å². The van der Waals surface area contributed by atoms with Crippen LogP contribution in [0, 0.1) is 5.82 Å². The van der Waals surface area contributed by atoms with Crippen molar-refractivity contribution in [2.24, 2.45) is 0 Å². The van der Waals surface area contributed by atoms with Crippen molar-refractivity contribution in [2.45, 2.75) is 64.9 Å². The number of anilines is 1. The van der Waals surface area contributed by atoms with Gasteiger partial charge in [-0.3, -0.25) is 24.6 Å². The van der Waals surface area contributed by atoms with Crippen LogP contribution in [0.25, 0.3) is 0 Å². The summed E-state index contributed by atoms with van der Waals surface area (Å²) in [6.45, 7) is 11.2. The summed E-state index contributed by atoms with van der Waals surface area (Å²) in [5.41, 5.74) is 2.15. The maximum Gasteiger partial charge on any atom is 0.303 e. The summed E-state index contributed by atoms with van der Waals surface area (Å²) in [4.78, 5) is 40.2. The molecule has 42 heavy (non-hydrogen) atoms. The van der Waals surface area contributed by atoms with Crippen LogP contribution in [0.4, 0.5) is 10.1 Å². The maximum atomic E-state index is 14.9. The van der Waals surface area contributed by atoms with Crippen molar-refractivity contribution in [1.29, 1.82) is 0 Å². The summed E-state index contributed by atoms with van der Waals surface area (Å²) in [7, 11) is 0. The molecule has 0 saturated carbocycles. The minimum Gasteiger partial charge on any atom is -0.381 e. The van der Waals surface area contributed by atoms with Crippen molar-refractivity contribution in [3.8, 4) is 0 Å². The predicted molar refractivity (Wildman–Crippen MR) is 150 cm³/mol. The molecule has 5 rings (SSSR count). The summed E-state index contributed by atoms with van der Waals surface area (Å²) in [5.74, 6) is -11.6. The highest BCUT2D eigenvalue weighted by atomic mass is 19.1. The van der Waals surface area contributed by atoms with Crippen LogP contribution in [-0.2, 0) is 34.0 Å². The molecule has 0 radical (unpaired) electrons. The van der Waals surface area contributed by atoms with Gasteiger partial charge in [0, 0.05) is 55.1 Å². The Balaban J connectivity index is 0.00000116. The summed E-state index contributed by atoms with van der Waals surface area (Å²) in [5, 5.41) is 45.3. The number of amides is 3. The van der Waals surface area contributed by atoms with Crippen LogP contribution in [0.1, 0.15) is 54.7 Å². The smallest absolute Gasteiger partial charge is 0.303 e. The fourth-order valence-corrected chi connectivity index (χ4v) is 4.94. The highest BCUT2D eigenvalue weighted by Gasteiger charge is 2.67. The number of morpholine rings is 1. The molecule has 2 aromatic carbocycles. The van der Waals surface area contributed by atoms with E-state index < -0.39 is 41.2 Å². The summed E-state index contributed by atoms with van der Waals surface area (Å²) in [6, 6.07) is 7.46. The van der Waals surface area contributed by atoms with Gasteiger partial charge in [0.15, 0.2) is 6.04 Å². The van der Waals surface area contributed by atoms with E-state index in [1.54, 1.807) is 23.5 Å². The van der Waals surface area contributed by atoms with E-state index in [9.17, 15) is 39.2 Å². The van der Waals surface area contributed by atoms with E-state index in [1.165, 1.54) is 12.1 Å². The Labute approximate surface area is 243 Å². The first kappa shape index (κ1) is 33.0. The fourth-order valence-electron chi connectivity index (χ4n) is 4.94. The summed E-state index contributed by atoms with van der Waals surface area (Å²) < 4.78 is 20.2. The largest absolute Gasteiger partial charge is 0.381 e. The number of carbonyl (C=O) groups excluding carboxylic acids is 3. The molecule has 2 aromatic rings. The first-order valence-corrected chi connectivity index (χ1v) is 14.0. The van der Waals surface area contributed by atoms with Crippen LogP contribution >= 0.6 is 0 Å². The van der Waals surface area contributed by atoms with Gasteiger partial charge >= 0.3 is 5.79 Å². The second kappa shape index (κ2) is 13.7. The van der Waals surface area contributed by atoms with Crippen molar-refractivity contribution < 1.29 is 43.9 Å². The molecule has 0 spiro atoms. The van der Waals surface area contributed by atoms with E-state index in [0.29, 0.717) is 36.6 Å². The van der Waals surface area contributed by atoms with Crippen molar-refractivity contribution in [3.63, 3.8) is 0 Å². The molecule has 2 fully saturated rings. The fraction of sp³-hybridized carbons (Fsp3) is 0.483. The Morgan fingerprint density at radius 1 is 1.02 bits per heavy atom. The molecule has 2 saturated heterocycles. The molecule has 0 aliphatic carbocycles. The lowest BCUT2D eigenvalue weighted by molar-refractivity contribution is -0.355. The highest BCUT2D eigenvalue weighted by molar-refractivity contribution is 6.08. The van der Waals surface area contributed by atoms with Gasteiger partial charge in [-0.05, 0) is 23.8 Å². The number of fused-ring (bicyclic) bond motifs is 1. The molecular formula is C29H39FN4O8. The number of hydrogen-bond acceptors (Lipinski definition) is 10. The topological polar surface area (TPSA) is 172 Å². The number of halogens is 1. The lowest BCUT2D eigenvalue weighted by Crippen LogP contribution is -2.79. The van der Waals surface area contributed by atoms with E-state index in [0.717, 1.165) is 23.6 Å². The minimum atomic E-state index is -3.74. The molecule has 12 nitrogen and oxygen atoms in total. The lowest BCUT2D eigenvalue weighted by Gasteiger charge is -2.44. The summed E-state index contributed by atoms with van der Waals surface area (Å²) in [6.07, 6.45) is 0. The third kappa shape index (κ3) is 6.31. The Morgan fingerprint density at radius 3 is 2.33 bits per heavy atom. The first-order valence-electron chi connectivity index (χ1n) is 14.0. The number of piperidine rings is 1. The van der Waals surface area contributed by atoms with Gasteiger partial charge < -0.3 is 35.4 Å². The molecule has 0 aromatic heterocycles. The zero-order chi connectivity index (χ0) is 31.2. The average Bonchev–Trinajstić information content (AvgIpc) is 3.30. The first-order chi connectivity index (χ1) is 20.0. The van der Waals surface area contributed by atoms with Crippen molar-refractivity contribution >= 4 is 23.4 Å². The van der Waals surface area contributed by atoms with E-state index >= 15 is 0 Å². The number of nitrogens with one attached hydrogen (secondary N) is 2. The van der Waals surface area contributed by atoms with E-state index in [4.69, 9.17) is 4.74 Å². The Morgan fingerprint density at radius 2 is 1.69 bits per heavy atom. The van der Waals surface area contributed by atoms with Gasteiger partial charge in [0.2, 0.25) is 0 Å². The van der Waals surface area contributed by atoms with Crippen molar-refractivity contribution in [1.82, 2.24) is 15.1 Å². The van der Waals surface area contributed by atoms with Gasteiger partial charge in [-0.25, -0.2) is 4.39 Å². The average molecular weight is 591 g/mol. The van der Waals surface area contributed by atoms with Crippen LogP contribution < -0.4 is 10.6 Å². The number of aliphatic hydroxyl groups is 4. The third-order valence-corrected chi connectivity index (χ3v) is 7.10. The molecular weight excluding hydrogens is 551 g/mol. The number of rotatable bonds is 6. The Kier molecular flexibility index (Phi) is 10.8. The predicted octanol–water partition coefficient (Wildman–Crippen LogP) is 0.665. The second-order valence-electron chi connectivity index (χ2n) is 9.55. The van der Waals surface area contributed by atoms with Crippen LogP contribution in [0.15, 0.2) is 36.4 Å². The van der Waals surface area contributed by atoms with Crippen LogP contribution in [-0.4, -0.2) is 91.9 Å². The number of ether oxygens (including phenoxy) is 1. The standard InChI is InChI=1S/C25H27FN4O8.2C2H6/c26-18-10-14(12-29-6-8-38-9-7-29)4-5-15(18)11-27-19-3-1-2-16-17(19)13-30(22(16)32)20-21(31)28-23(33)25(36,37)24(20,34)35;2*1-2/h1-5,10,20,27,34-37H,6-9,11-13H2,(H,28,31,33);2*1-2H3. The summed E-state index contributed by atoms with van der Waals surface area (Å²) >= 11 is 0. The van der Waals surface area contributed by atoms with Crippen LogP contribution in [0.2, 0.25) is 0 Å². The Bertz CT molecular complexity index is 1300. The third-order valence-electron chi connectivity index (χ3n) is 7.10. The number of imide groups is 1. The van der Waals surface area contributed by atoms with Gasteiger partial charge in [-0.2, -0.15) is 0 Å².